The van der Waals surface area contributed by atoms with Crippen LogP contribution in [0, 0.1) is 5.41 Å². The second-order valence-corrected chi connectivity index (χ2v) is 22.8. The summed E-state index contributed by atoms with van der Waals surface area (Å²) in [5.41, 5.74) is -1.84. The average molecular weight is 937 g/mol. The van der Waals surface area contributed by atoms with Crippen LogP contribution >= 0.6 is 11.8 Å². The fourth-order valence-electron chi connectivity index (χ4n) is 10.1. The summed E-state index contributed by atoms with van der Waals surface area (Å²) in [5, 5.41) is 6.30. The molecular formula is C47H55F3N6O5S3. The van der Waals surface area contributed by atoms with E-state index in [-0.39, 0.29) is 16.7 Å². The Morgan fingerprint density at radius 3 is 2.22 bits per heavy atom. The minimum atomic E-state index is -6.03. The third-order valence-electron chi connectivity index (χ3n) is 13.7. The topological polar surface area (TPSA) is 131 Å². The van der Waals surface area contributed by atoms with E-state index in [9.17, 15) is 34.8 Å². The molecule has 4 aromatic carbocycles. The third kappa shape index (κ3) is 9.71. The highest BCUT2D eigenvalue weighted by molar-refractivity contribution is 7.99. The predicted molar refractivity (Wildman–Crippen MR) is 244 cm³/mol. The van der Waals surface area contributed by atoms with Crippen molar-refractivity contribution in [3.8, 4) is 0 Å². The molecule has 2 saturated carbocycles. The third-order valence-corrected chi connectivity index (χ3v) is 17.7. The van der Waals surface area contributed by atoms with Crippen molar-refractivity contribution >= 4 is 48.9 Å². The van der Waals surface area contributed by atoms with Gasteiger partial charge in [-0.15, -0.1) is 11.8 Å². The molecule has 9 rings (SSSR count). The molecule has 11 nitrogen and oxygen atoms in total. The number of thioether (sulfide) groups is 1. The molecule has 5 fully saturated rings. The molecule has 2 aliphatic carbocycles. The summed E-state index contributed by atoms with van der Waals surface area (Å²) in [7, 11) is -10.8. The molecule has 64 heavy (non-hydrogen) atoms. The summed E-state index contributed by atoms with van der Waals surface area (Å²) < 4.78 is 97.7. The molecular weight excluding hydrogens is 882 g/mol. The lowest BCUT2D eigenvalue weighted by Gasteiger charge is -2.62. The minimum absolute atomic E-state index is 0.0301. The Morgan fingerprint density at radius 2 is 1.53 bits per heavy atom. The molecule has 3 aliphatic heterocycles. The van der Waals surface area contributed by atoms with E-state index in [4.69, 9.17) is 0 Å². The van der Waals surface area contributed by atoms with Gasteiger partial charge in [-0.3, -0.25) is 9.69 Å². The summed E-state index contributed by atoms with van der Waals surface area (Å²) >= 11 is 1.47. The van der Waals surface area contributed by atoms with Crippen LogP contribution in [0.5, 0.6) is 0 Å². The fraction of sp³-hybridized carbons (Fsp3) is 0.468. The van der Waals surface area contributed by atoms with E-state index < -0.39 is 47.1 Å². The summed E-state index contributed by atoms with van der Waals surface area (Å²) in [6, 6.07) is 28.1. The van der Waals surface area contributed by atoms with E-state index >= 15 is 0 Å². The van der Waals surface area contributed by atoms with Crippen LogP contribution in [0.3, 0.4) is 0 Å². The number of benzene rings is 4. The number of carbonyl (C=O) groups is 1. The van der Waals surface area contributed by atoms with Gasteiger partial charge in [0.15, 0.2) is 0 Å². The van der Waals surface area contributed by atoms with E-state index in [0.29, 0.717) is 36.9 Å². The highest BCUT2D eigenvalue weighted by Gasteiger charge is 2.55. The van der Waals surface area contributed by atoms with Crippen LogP contribution in [0.2, 0.25) is 0 Å². The number of likely N-dealkylation sites (tertiary alicyclic amines) is 1. The van der Waals surface area contributed by atoms with Crippen LogP contribution in [0.15, 0.2) is 112 Å². The number of anilines is 2. The standard InChI is InChI=1S/C47H55F3N6O5S3/c48-47(49,50)63(58,59)44-27-39(18-19-42(44)52-35(20-24-54-25-21-51-22-26-54)30-62-38-7-2-1-3-8-38)64(60,61)53-45(57)34-14-16-36(17-15-34)55-31-46(32-55)28-37(29-46)56-23-6-11-43(56)41-10-5-4-9-40(41)33-12-13-33/h1-5,7-10,14-19,27,33,35,37,43,51-52H,6,11-13,20-26,28-32H2,(H,53,57)/t35?,43-/m0/s1. The lowest BCUT2D eigenvalue weighted by atomic mass is 9.60. The molecule has 3 saturated heterocycles. The molecule has 0 bridgehead atoms. The first-order valence-corrected chi connectivity index (χ1v) is 26.2. The van der Waals surface area contributed by atoms with Gasteiger partial charge in [0.2, 0.25) is 0 Å². The maximum absolute atomic E-state index is 14.2. The van der Waals surface area contributed by atoms with Crippen LogP contribution in [-0.2, 0) is 19.9 Å². The first-order valence-electron chi connectivity index (χ1n) is 22.3. The van der Waals surface area contributed by atoms with Crippen LogP contribution in [0.25, 0.3) is 0 Å². The lowest BCUT2D eigenvalue weighted by molar-refractivity contribution is -0.0436. The summed E-state index contributed by atoms with van der Waals surface area (Å²) in [4.78, 5) is 19.5. The van der Waals surface area contributed by atoms with E-state index in [2.05, 4.69) is 49.6 Å². The zero-order valence-electron chi connectivity index (χ0n) is 35.6. The largest absolute Gasteiger partial charge is 0.501 e. The van der Waals surface area contributed by atoms with Crippen molar-refractivity contribution in [3.63, 3.8) is 0 Å². The van der Waals surface area contributed by atoms with Crippen LogP contribution in [0.4, 0.5) is 24.5 Å². The normalized spacial score (nSPS) is 21.3. The predicted octanol–water partition coefficient (Wildman–Crippen LogP) is 7.65. The molecule has 2 atom stereocenters. The second kappa shape index (κ2) is 18.3. The number of alkyl halides is 3. The van der Waals surface area contributed by atoms with Crippen LogP contribution in [0.1, 0.15) is 78.4 Å². The van der Waals surface area contributed by atoms with E-state index in [1.165, 1.54) is 55.1 Å². The van der Waals surface area contributed by atoms with Gasteiger partial charge in [0, 0.05) is 91.3 Å². The Hall–Kier alpha value is -4.13. The summed E-state index contributed by atoms with van der Waals surface area (Å²) in [5.74, 6) is 0.122. The van der Waals surface area contributed by atoms with Crippen molar-refractivity contribution in [3.05, 3.63) is 114 Å². The number of sulfone groups is 1. The van der Waals surface area contributed by atoms with Gasteiger partial charge < -0.3 is 20.4 Å². The Morgan fingerprint density at radius 1 is 0.844 bits per heavy atom. The van der Waals surface area contributed by atoms with E-state index in [0.717, 1.165) is 87.3 Å². The number of nitrogens with one attached hydrogen (secondary N) is 3. The van der Waals surface area contributed by atoms with E-state index in [1.54, 1.807) is 17.7 Å². The second-order valence-electron chi connectivity index (χ2n) is 18.2. The van der Waals surface area contributed by atoms with Crippen LogP contribution < -0.4 is 20.3 Å². The minimum Gasteiger partial charge on any atom is -0.380 e. The average Bonchev–Trinajstić information content (AvgIpc) is 4.00. The van der Waals surface area contributed by atoms with Gasteiger partial charge in [0.25, 0.3) is 25.8 Å². The molecule has 1 unspecified atom stereocenters. The van der Waals surface area contributed by atoms with Gasteiger partial charge in [-0.05, 0) is 123 Å². The number of sulfonamides is 1. The first-order chi connectivity index (χ1) is 30.7. The van der Waals surface area contributed by atoms with Crippen molar-refractivity contribution in [2.45, 2.75) is 89.2 Å². The molecule has 0 radical (unpaired) electrons. The molecule has 0 aromatic heterocycles. The maximum atomic E-state index is 14.2. The molecule has 4 aromatic rings. The summed E-state index contributed by atoms with van der Waals surface area (Å²) in [6.07, 6.45) is 7.80. The molecule has 1 spiro atoms. The van der Waals surface area contributed by atoms with Crippen molar-refractivity contribution < 1.29 is 34.8 Å². The van der Waals surface area contributed by atoms with Gasteiger partial charge in [0.1, 0.15) is 4.90 Å². The number of amides is 1. The number of piperazine rings is 1. The van der Waals surface area contributed by atoms with Gasteiger partial charge in [-0.25, -0.2) is 21.6 Å². The van der Waals surface area contributed by atoms with Gasteiger partial charge in [-0.2, -0.15) is 13.2 Å². The van der Waals surface area contributed by atoms with Gasteiger partial charge in [-0.1, -0.05) is 42.5 Å². The lowest BCUT2D eigenvalue weighted by Crippen LogP contribution is -2.66. The summed E-state index contributed by atoms with van der Waals surface area (Å²) in [6.45, 7) is 6.75. The maximum Gasteiger partial charge on any atom is 0.501 e. The zero-order chi connectivity index (χ0) is 44.7. The molecule has 342 valence electrons. The SMILES string of the molecule is O=C(NS(=O)(=O)c1ccc(NC(CCN2CCNCC2)CSc2ccccc2)c(S(=O)(=O)C(F)(F)F)c1)c1ccc(N2CC3(CC(N4CCC[C@H]4c4ccccc4C4CC4)C3)C2)cc1. The highest BCUT2D eigenvalue weighted by Crippen LogP contribution is 2.55. The number of halogens is 3. The highest BCUT2D eigenvalue weighted by atomic mass is 32.2. The van der Waals surface area contributed by atoms with Crippen LogP contribution in [-0.4, -0.2) is 108 Å². The molecule has 3 heterocycles. The monoisotopic (exact) mass is 936 g/mol. The van der Waals surface area contributed by atoms with Gasteiger partial charge >= 0.3 is 5.51 Å². The Balaban J connectivity index is 0.841. The van der Waals surface area contributed by atoms with Crippen molar-refractivity contribution in [1.29, 1.82) is 0 Å². The van der Waals surface area contributed by atoms with E-state index in [1.807, 2.05) is 35.1 Å². The molecule has 1 amide bonds. The molecule has 3 N–H and O–H groups in total. The number of hydrogen-bond donors (Lipinski definition) is 3. The zero-order valence-corrected chi connectivity index (χ0v) is 38.1. The fourth-order valence-corrected chi connectivity index (χ4v) is 13.1. The smallest absolute Gasteiger partial charge is 0.380 e. The quantitative estimate of drug-likeness (QED) is 0.0959. The Kier molecular flexibility index (Phi) is 12.9. The number of hydrogen-bond acceptors (Lipinski definition) is 11. The van der Waals surface area contributed by atoms with Crippen molar-refractivity contribution in [1.82, 2.24) is 19.8 Å². The van der Waals surface area contributed by atoms with Gasteiger partial charge in [0.05, 0.1) is 10.6 Å². The number of nitrogens with zero attached hydrogens (tertiary/aromatic N) is 3. The molecule has 5 aliphatic rings. The molecule has 17 heteroatoms. The Labute approximate surface area is 378 Å². The van der Waals surface area contributed by atoms with Crippen molar-refractivity contribution in [2.24, 2.45) is 5.41 Å². The Bertz CT molecular complexity index is 2520. The van der Waals surface area contributed by atoms with Crippen molar-refractivity contribution in [2.75, 3.05) is 68.3 Å². The first kappa shape index (κ1) is 45.0. The number of carbonyl (C=O) groups excluding carboxylic acids is 1. The number of rotatable bonds is 16.